The van der Waals surface area contributed by atoms with E-state index in [0.717, 1.165) is 27.9 Å². The molecule has 0 radical (unpaired) electrons. The summed E-state index contributed by atoms with van der Waals surface area (Å²) in [5, 5.41) is 9.68. The second kappa shape index (κ2) is 6.04. The summed E-state index contributed by atoms with van der Waals surface area (Å²) in [5.41, 5.74) is 1.74. The van der Waals surface area contributed by atoms with Crippen LogP contribution >= 0.6 is 11.8 Å². The third-order valence-corrected chi connectivity index (χ3v) is 4.20. The van der Waals surface area contributed by atoms with E-state index in [1.54, 1.807) is 6.26 Å². The molecule has 0 saturated heterocycles. The topological polar surface area (TPSA) is 95.7 Å². The van der Waals surface area contributed by atoms with Gasteiger partial charge in [-0.3, -0.25) is 0 Å². The molecule has 7 nitrogen and oxygen atoms in total. The van der Waals surface area contributed by atoms with Gasteiger partial charge in [0.25, 0.3) is 0 Å². The van der Waals surface area contributed by atoms with E-state index in [2.05, 4.69) is 34.0 Å². The van der Waals surface area contributed by atoms with E-state index in [1.807, 2.05) is 26.0 Å². The van der Waals surface area contributed by atoms with Gasteiger partial charge in [-0.2, -0.15) is 0 Å². The number of nitrogens with two attached hydrogens (primary N) is 1. The molecule has 0 aliphatic carbocycles. The SMILES string of the molecule is Cc1cc(Sc2nnc(-c3ccoc3C)n2N)nc(C(C)C)n1. The zero-order chi connectivity index (χ0) is 16.6. The normalized spacial score (nSPS) is 11.3. The lowest BCUT2D eigenvalue weighted by Gasteiger charge is -2.07. The number of nitrogen functional groups attached to an aromatic ring is 1. The van der Waals surface area contributed by atoms with Crippen LogP contribution in [0.15, 0.2) is 33.0 Å². The van der Waals surface area contributed by atoms with Crippen LogP contribution in [0.4, 0.5) is 0 Å². The van der Waals surface area contributed by atoms with Gasteiger partial charge in [0.1, 0.15) is 16.6 Å². The van der Waals surface area contributed by atoms with Gasteiger partial charge in [-0.25, -0.2) is 14.6 Å². The Labute approximate surface area is 138 Å². The molecule has 0 saturated carbocycles. The average molecular weight is 330 g/mol. The first kappa shape index (κ1) is 15.5. The van der Waals surface area contributed by atoms with E-state index < -0.39 is 0 Å². The molecule has 0 bridgehead atoms. The summed E-state index contributed by atoms with van der Waals surface area (Å²) in [7, 11) is 0. The highest BCUT2D eigenvalue weighted by atomic mass is 32.2. The Hall–Kier alpha value is -2.35. The third-order valence-electron chi connectivity index (χ3n) is 3.32. The molecule has 3 aromatic heterocycles. The maximum atomic E-state index is 6.13. The minimum atomic E-state index is 0.258. The smallest absolute Gasteiger partial charge is 0.216 e. The molecule has 3 rings (SSSR count). The predicted molar refractivity (Wildman–Crippen MR) is 87.6 cm³/mol. The Kier molecular flexibility index (Phi) is 4.08. The fourth-order valence-corrected chi connectivity index (χ4v) is 2.94. The molecule has 0 amide bonds. The molecule has 23 heavy (non-hydrogen) atoms. The standard InChI is InChI=1S/C15H18N6OS/c1-8(2)13-17-9(3)7-12(18-13)23-15-20-19-14(21(15)16)11-5-6-22-10(11)4/h5-8H,16H2,1-4H3. The number of nitrogens with zero attached hydrogens (tertiary/aromatic N) is 5. The molecule has 0 aromatic carbocycles. The Morgan fingerprint density at radius 3 is 2.65 bits per heavy atom. The lowest BCUT2D eigenvalue weighted by atomic mass is 10.2. The van der Waals surface area contributed by atoms with Gasteiger partial charge in [0, 0.05) is 11.6 Å². The van der Waals surface area contributed by atoms with Crippen molar-refractivity contribution in [2.24, 2.45) is 0 Å². The van der Waals surface area contributed by atoms with Crippen LogP contribution in [0.2, 0.25) is 0 Å². The van der Waals surface area contributed by atoms with Gasteiger partial charge in [0.2, 0.25) is 5.16 Å². The van der Waals surface area contributed by atoms with Crippen LogP contribution in [-0.2, 0) is 0 Å². The second-order valence-electron chi connectivity index (χ2n) is 5.53. The molecule has 3 aromatic rings. The monoisotopic (exact) mass is 330 g/mol. The molecule has 0 spiro atoms. The van der Waals surface area contributed by atoms with Crippen molar-refractivity contribution in [1.82, 2.24) is 24.8 Å². The van der Waals surface area contributed by atoms with Crippen molar-refractivity contribution >= 4 is 11.8 Å². The first-order valence-corrected chi connectivity index (χ1v) is 8.05. The number of hydrogen-bond donors (Lipinski definition) is 1. The van der Waals surface area contributed by atoms with E-state index in [9.17, 15) is 0 Å². The van der Waals surface area contributed by atoms with Crippen molar-refractivity contribution in [3.8, 4) is 11.4 Å². The molecule has 0 aliphatic heterocycles. The van der Waals surface area contributed by atoms with Crippen LogP contribution in [0, 0.1) is 13.8 Å². The summed E-state index contributed by atoms with van der Waals surface area (Å²) < 4.78 is 6.75. The van der Waals surface area contributed by atoms with E-state index in [4.69, 9.17) is 10.3 Å². The molecule has 3 heterocycles. The Balaban J connectivity index is 1.93. The zero-order valence-electron chi connectivity index (χ0n) is 13.4. The van der Waals surface area contributed by atoms with Crippen molar-refractivity contribution in [3.63, 3.8) is 0 Å². The second-order valence-corrected chi connectivity index (χ2v) is 6.52. The summed E-state index contributed by atoms with van der Waals surface area (Å²) in [6, 6.07) is 3.73. The number of aromatic nitrogens is 5. The van der Waals surface area contributed by atoms with Crippen molar-refractivity contribution < 1.29 is 4.42 Å². The van der Waals surface area contributed by atoms with Crippen molar-refractivity contribution in [3.05, 3.63) is 35.7 Å². The number of rotatable bonds is 4. The Morgan fingerprint density at radius 2 is 2.00 bits per heavy atom. The largest absolute Gasteiger partial charge is 0.469 e. The molecular weight excluding hydrogens is 312 g/mol. The quantitative estimate of drug-likeness (QED) is 0.580. The summed E-state index contributed by atoms with van der Waals surface area (Å²) in [6.45, 7) is 7.94. The molecule has 0 unspecified atom stereocenters. The fourth-order valence-electron chi connectivity index (χ4n) is 2.11. The third kappa shape index (κ3) is 3.07. The van der Waals surface area contributed by atoms with E-state index in [1.165, 1.54) is 16.4 Å². The van der Waals surface area contributed by atoms with Gasteiger partial charge >= 0.3 is 0 Å². The van der Waals surface area contributed by atoms with E-state index >= 15 is 0 Å². The maximum Gasteiger partial charge on any atom is 0.216 e. The lowest BCUT2D eigenvalue weighted by Crippen LogP contribution is -2.11. The minimum Gasteiger partial charge on any atom is -0.469 e. The van der Waals surface area contributed by atoms with Crippen LogP contribution in [0.5, 0.6) is 0 Å². The summed E-state index contributed by atoms with van der Waals surface area (Å²) >= 11 is 1.37. The highest BCUT2D eigenvalue weighted by Gasteiger charge is 2.17. The van der Waals surface area contributed by atoms with Gasteiger partial charge in [0.05, 0.1) is 11.8 Å². The van der Waals surface area contributed by atoms with Crippen LogP contribution in [0.25, 0.3) is 11.4 Å². The van der Waals surface area contributed by atoms with Gasteiger partial charge in [-0.15, -0.1) is 10.2 Å². The van der Waals surface area contributed by atoms with Gasteiger partial charge in [-0.05, 0) is 37.7 Å². The molecule has 8 heteroatoms. The Bertz CT molecular complexity index is 838. The summed E-state index contributed by atoms with van der Waals surface area (Å²) in [4.78, 5) is 9.00. The fraction of sp³-hybridized carbons (Fsp3) is 0.333. The van der Waals surface area contributed by atoms with Crippen molar-refractivity contribution in [1.29, 1.82) is 0 Å². The van der Waals surface area contributed by atoms with E-state index in [0.29, 0.717) is 11.0 Å². The van der Waals surface area contributed by atoms with Crippen LogP contribution in [0.1, 0.15) is 37.0 Å². The number of aryl methyl sites for hydroxylation is 2. The molecule has 2 N–H and O–H groups in total. The average Bonchev–Trinajstić information content (AvgIpc) is 3.05. The van der Waals surface area contributed by atoms with Gasteiger partial charge in [-0.1, -0.05) is 13.8 Å². The number of hydrogen-bond acceptors (Lipinski definition) is 7. The summed E-state index contributed by atoms with van der Waals surface area (Å²) in [6.07, 6.45) is 1.61. The van der Waals surface area contributed by atoms with Crippen molar-refractivity contribution in [2.45, 2.75) is 43.8 Å². The number of furan rings is 1. The maximum absolute atomic E-state index is 6.13. The first-order valence-electron chi connectivity index (χ1n) is 7.24. The summed E-state index contributed by atoms with van der Waals surface area (Å²) in [5.74, 6) is 8.51. The molecule has 0 atom stereocenters. The highest BCUT2D eigenvalue weighted by Crippen LogP contribution is 2.29. The molecular formula is C15H18N6OS. The van der Waals surface area contributed by atoms with Gasteiger partial charge in [0.15, 0.2) is 5.82 Å². The van der Waals surface area contributed by atoms with Crippen molar-refractivity contribution in [2.75, 3.05) is 5.84 Å². The minimum absolute atomic E-state index is 0.258. The van der Waals surface area contributed by atoms with Crippen LogP contribution in [-0.4, -0.2) is 24.8 Å². The van der Waals surface area contributed by atoms with Crippen LogP contribution < -0.4 is 5.84 Å². The predicted octanol–water partition coefficient (Wildman–Crippen LogP) is 2.93. The first-order chi connectivity index (χ1) is 11.0. The molecule has 120 valence electrons. The highest BCUT2D eigenvalue weighted by molar-refractivity contribution is 7.99. The molecule has 0 fully saturated rings. The van der Waals surface area contributed by atoms with E-state index in [-0.39, 0.29) is 5.92 Å². The van der Waals surface area contributed by atoms with Crippen LogP contribution in [0.3, 0.4) is 0 Å². The lowest BCUT2D eigenvalue weighted by molar-refractivity contribution is 0.535. The molecule has 0 aliphatic rings. The van der Waals surface area contributed by atoms with Gasteiger partial charge < -0.3 is 10.3 Å². The Morgan fingerprint density at radius 1 is 1.22 bits per heavy atom. The zero-order valence-corrected chi connectivity index (χ0v) is 14.3.